The van der Waals surface area contributed by atoms with E-state index < -0.39 is 17.9 Å². The SMILES string of the molecule is CC(C)[C@H](NC(=O)COc1ccc(O)cc1)C(=O)O. The first kappa shape index (κ1) is 14.8. The van der Waals surface area contributed by atoms with Crippen LogP contribution in [-0.2, 0) is 9.59 Å². The molecule has 1 aromatic rings. The fourth-order valence-corrected chi connectivity index (χ4v) is 1.42. The number of carbonyl (C=O) groups is 2. The van der Waals surface area contributed by atoms with Crippen molar-refractivity contribution in [2.75, 3.05) is 6.61 Å². The Hall–Kier alpha value is -2.24. The van der Waals surface area contributed by atoms with Gasteiger partial charge in [-0.05, 0) is 30.2 Å². The van der Waals surface area contributed by atoms with Gasteiger partial charge in [0.25, 0.3) is 5.91 Å². The fraction of sp³-hybridized carbons (Fsp3) is 0.385. The van der Waals surface area contributed by atoms with Gasteiger partial charge in [0, 0.05) is 0 Å². The minimum atomic E-state index is -1.08. The first-order valence-electron chi connectivity index (χ1n) is 5.84. The van der Waals surface area contributed by atoms with Gasteiger partial charge in [0.2, 0.25) is 0 Å². The van der Waals surface area contributed by atoms with Crippen molar-refractivity contribution in [1.82, 2.24) is 5.32 Å². The van der Waals surface area contributed by atoms with Crippen molar-refractivity contribution in [1.29, 1.82) is 0 Å². The van der Waals surface area contributed by atoms with E-state index in [1.165, 1.54) is 24.3 Å². The Bertz CT molecular complexity index is 441. The number of aliphatic carboxylic acids is 1. The standard InChI is InChI=1S/C13H17NO5/c1-8(2)12(13(17)18)14-11(16)7-19-10-5-3-9(15)4-6-10/h3-6,8,12,15H,7H2,1-2H3,(H,14,16)(H,17,18)/t12-/m0/s1. The minimum Gasteiger partial charge on any atom is -0.508 e. The van der Waals surface area contributed by atoms with Gasteiger partial charge in [0.15, 0.2) is 6.61 Å². The number of hydrogen-bond acceptors (Lipinski definition) is 4. The third-order valence-electron chi connectivity index (χ3n) is 2.46. The zero-order valence-corrected chi connectivity index (χ0v) is 10.8. The second kappa shape index (κ2) is 6.63. The van der Waals surface area contributed by atoms with Crippen molar-refractivity contribution in [3.05, 3.63) is 24.3 Å². The average molecular weight is 267 g/mol. The largest absolute Gasteiger partial charge is 0.508 e. The predicted molar refractivity (Wildman–Crippen MR) is 68.0 cm³/mol. The molecule has 1 rings (SSSR count). The number of phenolic OH excluding ortho intramolecular Hbond substituents is 1. The normalized spacial score (nSPS) is 11.9. The van der Waals surface area contributed by atoms with Crippen LogP contribution in [0.1, 0.15) is 13.8 Å². The van der Waals surface area contributed by atoms with Crippen molar-refractivity contribution in [2.24, 2.45) is 5.92 Å². The van der Waals surface area contributed by atoms with Crippen molar-refractivity contribution in [3.63, 3.8) is 0 Å². The molecular weight excluding hydrogens is 250 g/mol. The number of ether oxygens (including phenoxy) is 1. The fourth-order valence-electron chi connectivity index (χ4n) is 1.42. The van der Waals surface area contributed by atoms with Gasteiger partial charge >= 0.3 is 5.97 Å². The quantitative estimate of drug-likeness (QED) is 0.714. The summed E-state index contributed by atoms with van der Waals surface area (Å²) < 4.78 is 5.17. The lowest BCUT2D eigenvalue weighted by Gasteiger charge is -2.17. The van der Waals surface area contributed by atoms with E-state index in [2.05, 4.69) is 5.32 Å². The number of phenols is 1. The zero-order chi connectivity index (χ0) is 14.4. The molecule has 0 aliphatic rings. The van der Waals surface area contributed by atoms with Crippen LogP contribution < -0.4 is 10.1 Å². The summed E-state index contributed by atoms with van der Waals surface area (Å²) >= 11 is 0. The molecule has 6 heteroatoms. The van der Waals surface area contributed by atoms with E-state index in [4.69, 9.17) is 14.9 Å². The summed E-state index contributed by atoms with van der Waals surface area (Å²) in [5, 5.41) is 20.4. The first-order chi connectivity index (χ1) is 8.90. The van der Waals surface area contributed by atoms with Crippen LogP contribution in [0, 0.1) is 5.92 Å². The number of nitrogens with one attached hydrogen (secondary N) is 1. The molecule has 104 valence electrons. The molecule has 0 radical (unpaired) electrons. The van der Waals surface area contributed by atoms with Gasteiger partial charge < -0.3 is 20.3 Å². The van der Waals surface area contributed by atoms with E-state index in [0.717, 1.165) is 0 Å². The molecule has 0 fully saturated rings. The maximum absolute atomic E-state index is 11.6. The molecule has 1 aromatic carbocycles. The van der Waals surface area contributed by atoms with E-state index in [0.29, 0.717) is 5.75 Å². The molecule has 3 N–H and O–H groups in total. The highest BCUT2D eigenvalue weighted by Crippen LogP contribution is 2.15. The van der Waals surface area contributed by atoms with Gasteiger partial charge in [0.05, 0.1) is 0 Å². The molecular formula is C13H17NO5. The molecule has 6 nitrogen and oxygen atoms in total. The van der Waals surface area contributed by atoms with E-state index >= 15 is 0 Å². The summed E-state index contributed by atoms with van der Waals surface area (Å²) in [6.07, 6.45) is 0. The Morgan fingerprint density at radius 2 is 1.84 bits per heavy atom. The highest BCUT2D eigenvalue weighted by atomic mass is 16.5. The maximum Gasteiger partial charge on any atom is 0.326 e. The van der Waals surface area contributed by atoms with E-state index in [9.17, 15) is 9.59 Å². The smallest absolute Gasteiger partial charge is 0.326 e. The summed E-state index contributed by atoms with van der Waals surface area (Å²) in [5.41, 5.74) is 0. The van der Waals surface area contributed by atoms with Gasteiger partial charge in [-0.25, -0.2) is 4.79 Å². The lowest BCUT2D eigenvalue weighted by atomic mass is 10.1. The summed E-state index contributed by atoms with van der Waals surface area (Å²) in [7, 11) is 0. The maximum atomic E-state index is 11.6. The number of carboxylic acid groups (broad SMARTS) is 1. The molecule has 0 spiro atoms. The Morgan fingerprint density at radius 3 is 2.32 bits per heavy atom. The molecule has 19 heavy (non-hydrogen) atoms. The van der Waals surface area contributed by atoms with Crippen molar-refractivity contribution < 1.29 is 24.5 Å². The molecule has 0 aliphatic carbocycles. The van der Waals surface area contributed by atoms with Crippen LogP contribution in [0.4, 0.5) is 0 Å². The summed E-state index contributed by atoms with van der Waals surface area (Å²) in [4.78, 5) is 22.5. The zero-order valence-electron chi connectivity index (χ0n) is 10.8. The molecule has 0 heterocycles. The molecule has 0 saturated heterocycles. The first-order valence-corrected chi connectivity index (χ1v) is 5.84. The molecule has 1 atom stereocenters. The lowest BCUT2D eigenvalue weighted by molar-refractivity contribution is -0.143. The van der Waals surface area contributed by atoms with Crippen LogP contribution >= 0.6 is 0 Å². The van der Waals surface area contributed by atoms with Crippen LogP contribution in [0.3, 0.4) is 0 Å². The van der Waals surface area contributed by atoms with Crippen molar-refractivity contribution in [3.8, 4) is 11.5 Å². The third kappa shape index (κ3) is 4.87. The van der Waals surface area contributed by atoms with Crippen molar-refractivity contribution in [2.45, 2.75) is 19.9 Å². The van der Waals surface area contributed by atoms with E-state index in [-0.39, 0.29) is 18.3 Å². The van der Waals surface area contributed by atoms with E-state index in [1.54, 1.807) is 13.8 Å². The summed E-state index contributed by atoms with van der Waals surface area (Å²) in [6.45, 7) is 3.14. The van der Waals surface area contributed by atoms with Crippen LogP contribution in [0.2, 0.25) is 0 Å². The Morgan fingerprint density at radius 1 is 1.26 bits per heavy atom. The highest BCUT2D eigenvalue weighted by molar-refractivity contribution is 5.84. The van der Waals surface area contributed by atoms with Crippen LogP contribution in [-0.4, -0.2) is 34.7 Å². The molecule has 0 saturated carbocycles. The minimum absolute atomic E-state index is 0.0996. The van der Waals surface area contributed by atoms with Crippen LogP contribution in [0.5, 0.6) is 11.5 Å². The van der Waals surface area contributed by atoms with Gasteiger partial charge in [0.1, 0.15) is 17.5 Å². The van der Waals surface area contributed by atoms with E-state index in [1.807, 2.05) is 0 Å². The third-order valence-corrected chi connectivity index (χ3v) is 2.46. The molecule has 0 aliphatic heterocycles. The molecule has 0 bridgehead atoms. The second-order valence-electron chi connectivity index (χ2n) is 4.41. The number of rotatable bonds is 6. The number of hydrogen-bond donors (Lipinski definition) is 3. The van der Waals surface area contributed by atoms with Crippen molar-refractivity contribution >= 4 is 11.9 Å². The second-order valence-corrected chi connectivity index (χ2v) is 4.41. The van der Waals surface area contributed by atoms with Gasteiger partial charge in [-0.3, -0.25) is 4.79 Å². The van der Waals surface area contributed by atoms with Gasteiger partial charge in [-0.15, -0.1) is 0 Å². The molecule has 0 unspecified atom stereocenters. The summed E-state index contributed by atoms with van der Waals surface area (Å²) in [5.74, 6) is -1.27. The number of carbonyl (C=O) groups excluding carboxylic acids is 1. The predicted octanol–water partition coefficient (Wildman–Crippen LogP) is 0.996. The number of benzene rings is 1. The molecule has 1 amide bonds. The lowest BCUT2D eigenvalue weighted by Crippen LogP contribution is -2.46. The van der Waals surface area contributed by atoms with Gasteiger partial charge in [-0.1, -0.05) is 13.8 Å². The number of aromatic hydroxyl groups is 1. The summed E-state index contributed by atoms with van der Waals surface area (Å²) in [6, 6.07) is 4.96. The monoisotopic (exact) mass is 267 g/mol. The Balaban J connectivity index is 2.47. The number of amides is 1. The van der Waals surface area contributed by atoms with Crippen LogP contribution in [0.15, 0.2) is 24.3 Å². The highest BCUT2D eigenvalue weighted by Gasteiger charge is 2.23. The Labute approximate surface area is 111 Å². The van der Waals surface area contributed by atoms with Crippen LogP contribution in [0.25, 0.3) is 0 Å². The number of carboxylic acids is 1. The Kier molecular flexibility index (Phi) is 5.17. The molecule has 0 aromatic heterocycles. The average Bonchev–Trinajstić information content (AvgIpc) is 2.34. The van der Waals surface area contributed by atoms with Gasteiger partial charge in [-0.2, -0.15) is 0 Å². The topological polar surface area (TPSA) is 95.9 Å².